The minimum absolute atomic E-state index is 0.0843. The Bertz CT molecular complexity index is 1270. The fourth-order valence-electron chi connectivity index (χ4n) is 3.43. The number of thiophene rings is 1. The predicted octanol–water partition coefficient (Wildman–Crippen LogP) is 6.26. The summed E-state index contributed by atoms with van der Waals surface area (Å²) in [5.41, 5.74) is 1.11. The van der Waals surface area contributed by atoms with Crippen molar-refractivity contribution in [1.82, 2.24) is 0 Å². The highest BCUT2D eigenvalue weighted by Gasteiger charge is 2.23. The number of methoxy groups -OCH3 is 1. The molecule has 0 radical (unpaired) electrons. The van der Waals surface area contributed by atoms with Gasteiger partial charge in [-0.2, -0.15) is 0 Å². The van der Waals surface area contributed by atoms with Crippen molar-refractivity contribution < 1.29 is 18.6 Å². The summed E-state index contributed by atoms with van der Waals surface area (Å²) in [5, 5.41) is 3.41. The van der Waals surface area contributed by atoms with Crippen molar-refractivity contribution in [2.45, 2.75) is 39.9 Å². The molecule has 0 amide bonds. The molecule has 0 aliphatic rings. The Hall–Kier alpha value is -2.99. The van der Waals surface area contributed by atoms with Crippen molar-refractivity contribution >= 4 is 32.4 Å². The van der Waals surface area contributed by atoms with E-state index in [0.717, 1.165) is 15.6 Å². The maximum absolute atomic E-state index is 13.2. The van der Waals surface area contributed by atoms with E-state index in [1.807, 2.05) is 51.3 Å². The first-order valence-electron chi connectivity index (χ1n) is 9.87. The van der Waals surface area contributed by atoms with Gasteiger partial charge in [0, 0.05) is 33.2 Å². The normalized spacial score (nSPS) is 11.6. The molecule has 5 nitrogen and oxygen atoms in total. The number of rotatable bonds is 6. The third-order valence-electron chi connectivity index (χ3n) is 4.56. The number of fused-ring (bicyclic) bond motifs is 2. The van der Waals surface area contributed by atoms with Gasteiger partial charge in [0.05, 0.1) is 19.3 Å². The topological polar surface area (TPSA) is 57.9 Å². The molecule has 0 spiro atoms. The van der Waals surface area contributed by atoms with E-state index in [1.54, 1.807) is 17.4 Å². The van der Waals surface area contributed by atoms with Crippen LogP contribution in [-0.2, 0) is 0 Å². The van der Waals surface area contributed by atoms with Gasteiger partial charge in [-0.05, 0) is 33.8 Å². The SMILES string of the molecule is COc1c(OC(C)C)cc2oc(-c3csc4ccccc34)cc(=O)c2c1OC(C)C. The number of ether oxygens (including phenoxy) is 3. The van der Waals surface area contributed by atoms with Gasteiger partial charge < -0.3 is 18.6 Å². The lowest BCUT2D eigenvalue weighted by Crippen LogP contribution is -2.13. The minimum atomic E-state index is -0.188. The Morgan fingerprint density at radius 1 is 0.967 bits per heavy atom. The molecular formula is C24H24O5S. The second-order valence-electron chi connectivity index (χ2n) is 7.56. The number of hydrogen-bond donors (Lipinski definition) is 0. The first-order valence-corrected chi connectivity index (χ1v) is 10.8. The van der Waals surface area contributed by atoms with Crippen molar-refractivity contribution in [2.75, 3.05) is 7.11 Å². The van der Waals surface area contributed by atoms with Crippen LogP contribution in [0.3, 0.4) is 0 Å². The smallest absolute Gasteiger partial charge is 0.204 e. The monoisotopic (exact) mass is 424 g/mol. The molecule has 0 fully saturated rings. The first kappa shape index (κ1) is 20.3. The Kier molecular flexibility index (Phi) is 5.43. The lowest BCUT2D eigenvalue weighted by Gasteiger charge is -2.20. The third kappa shape index (κ3) is 3.63. The fraction of sp³-hybridized carbons (Fsp3) is 0.292. The number of hydrogen-bond acceptors (Lipinski definition) is 6. The highest BCUT2D eigenvalue weighted by molar-refractivity contribution is 7.17. The molecule has 4 rings (SSSR count). The summed E-state index contributed by atoms with van der Waals surface area (Å²) in [4.78, 5) is 13.2. The second-order valence-corrected chi connectivity index (χ2v) is 8.48. The maximum Gasteiger partial charge on any atom is 0.204 e. The average molecular weight is 425 g/mol. The van der Waals surface area contributed by atoms with Crippen LogP contribution in [0.25, 0.3) is 32.4 Å². The molecule has 0 aliphatic heterocycles. The predicted molar refractivity (Wildman–Crippen MR) is 121 cm³/mol. The molecule has 0 saturated carbocycles. The van der Waals surface area contributed by atoms with Gasteiger partial charge in [0.2, 0.25) is 5.75 Å². The third-order valence-corrected chi connectivity index (χ3v) is 5.52. The van der Waals surface area contributed by atoms with Gasteiger partial charge in [0.15, 0.2) is 16.9 Å². The van der Waals surface area contributed by atoms with Gasteiger partial charge in [0.25, 0.3) is 0 Å². The van der Waals surface area contributed by atoms with E-state index in [-0.39, 0.29) is 17.6 Å². The van der Waals surface area contributed by atoms with Crippen LogP contribution in [0.4, 0.5) is 0 Å². The molecule has 2 aromatic heterocycles. The van der Waals surface area contributed by atoms with E-state index in [4.69, 9.17) is 18.6 Å². The molecule has 30 heavy (non-hydrogen) atoms. The molecule has 0 saturated heterocycles. The summed E-state index contributed by atoms with van der Waals surface area (Å²) < 4.78 is 24.9. The molecule has 0 bridgehead atoms. The van der Waals surface area contributed by atoms with Gasteiger partial charge in [-0.15, -0.1) is 11.3 Å². The molecule has 4 aromatic rings. The lowest BCUT2D eigenvalue weighted by molar-refractivity contribution is 0.210. The largest absolute Gasteiger partial charge is 0.490 e. The van der Waals surface area contributed by atoms with E-state index in [9.17, 15) is 4.79 Å². The van der Waals surface area contributed by atoms with Gasteiger partial charge in [-0.1, -0.05) is 18.2 Å². The van der Waals surface area contributed by atoms with Gasteiger partial charge in [-0.3, -0.25) is 4.79 Å². The van der Waals surface area contributed by atoms with Gasteiger partial charge in [0.1, 0.15) is 16.7 Å². The van der Waals surface area contributed by atoms with Crippen LogP contribution in [0.15, 0.2) is 51.0 Å². The Balaban J connectivity index is 2.01. The van der Waals surface area contributed by atoms with E-state index < -0.39 is 0 Å². The Morgan fingerprint density at radius 3 is 2.40 bits per heavy atom. The molecule has 2 aromatic carbocycles. The van der Waals surface area contributed by atoms with Crippen LogP contribution in [-0.4, -0.2) is 19.3 Å². The van der Waals surface area contributed by atoms with Crippen LogP contribution in [0.2, 0.25) is 0 Å². The molecule has 6 heteroatoms. The molecule has 2 heterocycles. The zero-order valence-corrected chi connectivity index (χ0v) is 18.5. The molecular weight excluding hydrogens is 400 g/mol. The number of benzene rings is 2. The fourth-order valence-corrected chi connectivity index (χ4v) is 4.38. The van der Waals surface area contributed by atoms with E-state index in [0.29, 0.717) is 34.0 Å². The average Bonchev–Trinajstić information content (AvgIpc) is 3.11. The standard InChI is InChI=1S/C24H24O5S/c1-13(2)27-20-11-19-22(24(23(20)26-5)28-14(3)4)17(25)10-18(29-19)16-12-30-21-9-7-6-8-15(16)21/h6-14H,1-5H3. The van der Waals surface area contributed by atoms with Crippen molar-refractivity contribution in [3.63, 3.8) is 0 Å². The first-order chi connectivity index (χ1) is 14.4. The van der Waals surface area contributed by atoms with Crippen molar-refractivity contribution in [1.29, 1.82) is 0 Å². The Morgan fingerprint density at radius 2 is 1.70 bits per heavy atom. The van der Waals surface area contributed by atoms with Crippen LogP contribution >= 0.6 is 11.3 Å². The maximum atomic E-state index is 13.2. The minimum Gasteiger partial charge on any atom is -0.490 e. The summed E-state index contributed by atoms with van der Waals surface area (Å²) in [6.07, 6.45) is -0.240. The summed E-state index contributed by atoms with van der Waals surface area (Å²) in [7, 11) is 1.54. The van der Waals surface area contributed by atoms with Crippen LogP contribution in [0, 0.1) is 0 Å². The van der Waals surface area contributed by atoms with Gasteiger partial charge >= 0.3 is 0 Å². The summed E-state index contributed by atoms with van der Waals surface area (Å²) in [6.45, 7) is 7.65. The van der Waals surface area contributed by atoms with Crippen molar-refractivity contribution in [3.05, 3.63) is 52.0 Å². The lowest BCUT2D eigenvalue weighted by atomic mass is 10.1. The van der Waals surface area contributed by atoms with Crippen molar-refractivity contribution in [2.24, 2.45) is 0 Å². The van der Waals surface area contributed by atoms with E-state index >= 15 is 0 Å². The van der Waals surface area contributed by atoms with Crippen LogP contribution in [0.5, 0.6) is 17.2 Å². The summed E-state index contributed by atoms with van der Waals surface area (Å²) in [6, 6.07) is 11.3. The second kappa shape index (κ2) is 8.03. The van der Waals surface area contributed by atoms with Gasteiger partial charge in [-0.25, -0.2) is 0 Å². The summed E-state index contributed by atoms with van der Waals surface area (Å²) >= 11 is 1.62. The van der Waals surface area contributed by atoms with Crippen LogP contribution < -0.4 is 19.6 Å². The molecule has 156 valence electrons. The Labute approximate surface area is 178 Å². The molecule has 0 unspecified atom stereocenters. The molecule has 0 atom stereocenters. The highest BCUT2D eigenvalue weighted by atomic mass is 32.1. The van der Waals surface area contributed by atoms with E-state index in [2.05, 4.69) is 6.07 Å². The van der Waals surface area contributed by atoms with E-state index in [1.165, 1.54) is 13.2 Å². The highest BCUT2D eigenvalue weighted by Crippen LogP contribution is 2.44. The van der Waals surface area contributed by atoms with Crippen LogP contribution in [0.1, 0.15) is 27.7 Å². The zero-order chi connectivity index (χ0) is 21.4. The molecule has 0 N–H and O–H groups in total. The van der Waals surface area contributed by atoms with Crippen molar-refractivity contribution in [3.8, 4) is 28.6 Å². The quantitative estimate of drug-likeness (QED) is 0.366. The zero-order valence-electron chi connectivity index (χ0n) is 17.6. The summed E-state index contributed by atoms with van der Waals surface area (Å²) in [5.74, 6) is 1.73. The molecule has 0 aliphatic carbocycles.